The second-order valence-electron chi connectivity index (χ2n) is 3.82. The van der Waals surface area contributed by atoms with Gasteiger partial charge in [0.15, 0.2) is 0 Å². The lowest BCUT2D eigenvalue weighted by Crippen LogP contribution is -2.47. The molecule has 0 fully saturated rings. The van der Waals surface area contributed by atoms with Gasteiger partial charge in [-0.2, -0.15) is 0 Å². The van der Waals surface area contributed by atoms with Crippen molar-refractivity contribution in [1.82, 2.24) is 10.6 Å². The van der Waals surface area contributed by atoms with Gasteiger partial charge in [0, 0.05) is 6.04 Å². The van der Waals surface area contributed by atoms with Gasteiger partial charge in [0.25, 0.3) is 0 Å². The Kier molecular flexibility index (Phi) is 6.88. The van der Waals surface area contributed by atoms with Crippen LogP contribution < -0.4 is 16.4 Å². The van der Waals surface area contributed by atoms with E-state index in [4.69, 9.17) is 10.8 Å². The maximum atomic E-state index is 11.4. The van der Waals surface area contributed by atoms with Gasteiger partial charge in [-0.1, -0.05) is 6.92 Å². The molecule has 0 spiro atoms. The summed E-state index contributed by atoms with van der Waals surface area (Å²) >= 11 is 0. The Hall–Kier alpha value is -1.63. The number of rotatable bonds is 8. The number of carboxylic acid groups (broad SMARTS) is 1. The van der Waals surface area contributed by atoms with Crippen molar-refractivity contribution in [3.8, 4) is 0 Å². The summed E-state index contributed by atoms with van der Waals surface area (Å²) in [6, 6.07) is -1.10. The van der Waals surface area contributed by atoms with Crippen molar-refractivity contribution in [1.29, 1.82) is 0 Å². The minimum atomic E-state index is -1.28. The first-order chi connectivity index (χ1) is 7.86. The lowest BCUT2D eigenvalue weighted by Gasteiger charge is -2.15. The topological polar surface area (TPSA) is 122 Å². The number of amides is 2. The lowest BCUT2D eigenvalue weighted by atomic mass is 10.2. The van der Waals surface area contributed by atoms with Crippen LogP contribution >= 0.6 is 0 Å². The van der Waals surface area contributed by atoms with E-state index in [9.17, 15) is 14.4 Å². The molecule has 7 nitrogen and oxygen atoms in total. The molecule has 2 atom stereocenters. The standard InChI is InChI=1S/C10H19N3O4/c1-3-6(2)12-5-9(15)13-7(10(16)17)4-8(11)14/h6-7,12H,3-5H2,1-2H3,(H2,11,14)(H,13,15)(H,16,17). The summed E-state index contributed by atoms with van der Waals surface area (Å²) in [5.74, 6) is -2.52. The molecule has 0 aliphatic carbocycles. The molecule has 0 radical (unpaired) electrons. The van der Waals surface area contributed by atoms with Crippen LogP contribution in [0.3, 0.4) is 0 Å². The Bertz CT molecular complexity index is 293. The molecule has 0 aliphatic heterocycles. The SMILES string of the molecule is CCC(C)NCC(=O)NC(CC(N)=O)C(=O)O. The van der Waals surface area contributed by atoms with Crippen LogP contribution in [-0.4, -0.2) is 41.5 Å². The molecular formula is C10H19N3O4. The third-order valence-electron chi connectivity index (χ3n) is 2.26. The number of primary amides is 1. The molecule has 0 rings (SSSR count). The molecule has 17 heavy (non-hydrogen) atoms. The number of aliphatic carboxylic acids is 1. The van der Waals surface area contributed by atoms with Gasteiger partial charge < -0.3 is 21.5 Å². The van der Waals surface area contributed by atoms with Crippen molar-refractivity contribution in [3.63, 3.8) is 0 Å². The van der Waals surface area contributed by atoms with Gasteiger partial charge in [-0.25, -0.2) is 4.79 Å². The zero-order valence-electron chi connectivity index (χ0n) is 10.0. The number of carboxylic acids is 1. The van der Waals surface area contributed by atoms with Gasteiger partial charge in [0.05, 0.1) is 13.0 Å². The third kappa shape index (κ3) is 7.29. The van der Waals surface area contributed by atoms with Crippen LogP contribution in [-0.2, 0) is 14.4 Å². The van der Waals surface area contributed by atoms with E-state index in [0.717, 1.165) is 6.42 Å². The molecule has 0 aromatic rings. The van der Waals surface area contributed by atoms with Gasteiger partial charge in [0.2, 0.25) is 11.8 Å². The molecule has 0 aromatic heterocycles. The number of nitrogens with two attached hydrogens (primary N) is 1. The van der Waals surface area contributed by atoms with E-state index >= 15 is 0 Å². The average Bonchev–Trinajstić information content (AvgIpc) is 2.24. The summed E-state index contributed by atoms with van der Waals surface area (Å²) in [7, 11) is 0. The highest BCUT2D eigenvalue weighted by molar-refractivity contribution is 5.88. The van der Waals surface area contributed by atoms with E-state index in [1.54, 1.807) is 0 Å². The maximum absolute atomic E-state index is 11.4. The Morgan fingerprint density at radius 1 is 1.35 bits per heavy atom. The first-order valence-electron chi connectivity index (χ1n) is 5.40. The maximum Gasteiger partial charge on any atom is 0.326 e. The van der Waals surface area contributed by atoms with Crippen molar-refractivity contribution in [2.75, 3.05) is 6.54 Å². The largest absolute Gasteiger partial charge is 0.480 e. The van der Waals surface area contributed by atoms with E-state index in [1.807, 2.05) is 13.8 Å². The number of hydrogen-bond donors (Lipinski definition) is 4. The second kappa shape index (κ2) is 7.61. The zero-order valence-corrected chi connectivity index (χ0v) is 10.0. The second-order valence-corrected chi connectivity index (χ2v) is 3.82. The van der Waals surface area contributed by atoms with Crippen molar-refractivity contribution >= 4 is 17.8 Å². The summed E-state index contributed by atoms with van der Waals surface area (Å²) in [5.41, 5.74) is 4.88. The molecule has 5 N–H and O–H groups in total. The number of carbonyl (C=O) groups excluding carboxylic acids is 2. The number of hydrogen-bond acceptors (Lipinski definition) is 4. The molecule has 98 valence electrons. The smallest absolute Gasteiger partial charge is 0.326 e. The molecule has 0 aromatic carbocycles. The van der Waals surface area contributed by atoms with Crippen LogP contribution in [0.2, 0.25) is 0 Å². The Labute approximate surface area is 99.7 Å². The molecule has 2 amide bonds. The average molecular weight is 245 g/mol. The molecule has 0 aliphatic rings. The predicted octanol–water partition coefficient (Wildman–Crippen LogP) is -1.18. The minimum Gasteiger partial charge on any atom is -0.480 e. The summed E-state index contributed by atoms with van der Waals surface area (Å²) in [5, 5.41) is 13.9. The summed E-state index contributed by atoms with van der Waals surface area (Å²) < 4.78 is 0. The molecule has 0 saturated carbocycles. The van der Waals surface area contributed by atoms with Crippen LogP contribution in [0.5, 0.6) is 0 Å². The molecule has 2 unspecified atom stereocenters. The van der Waals surface area contributed by atoms with E-state index in [-0.39, 0.29) is 12.6 Å². The van der Waals surface area contributed by atoms with Crippen LogP contribution in [0, 0.1) is 0 Å². The first-order valence-corrected chi connectivity index (χ1v) is 5.40. The van der Waals surface area contributed by atoms with Crippen molar-refractivity contribution in [3.05, 3.63) is 0 Å². The molecule has 7 heteroatoms. The normalized spacial score (nSPS) is 13.8. The van der Waals surface area contributed by atoms with E-state index in [1.165, 1.54) is 0 Å². The van der Waals surface area contributed by atoms with Gasteiger partial charge in [-0.15, -0.1) is 0 Å². The quantitative estimate of drug-likeness (QED) is 0.429. The van der Waals surface area contributed by atoms with Gasteiger partial charge in [-0.3, -0.25) is 9.59 Å². The zero-order chi connectivity index (χ0) is 13.4. The van der Waals surface area contributed by atoms with Crippen LogP contribution in [0.1, 0.15) is 26.7 Å². The number of carbonyl (C=O) groups is 3. The Morgan fingerprint density at radius 3 is 2.35 bits per heavy atom. The van der Waals surface area contributed by atoms with Gasteiger partial charge >= 0.3 is 5.97 Å². The van der Waals surface area contributed by atoms with Crippen LogP contribution in [0.25, 0.3) is 0 Å². The third-order valence-corrected chi connectivity index (χ3v) is 2.26. The fourth-order valence-corrected chi connectivity index (χ4v) is 1.06. The fourth-order valence-electron chi connectivity index (χ4n) is 1.06. The van der Waals surface area contributed by atoms with Crippen LogP contribution in [0.15, 0.2) is 0 Å². The molecule has 0 bridgehead atoms. The van der Waals surface area contributed by atoms with E-state index in [2.05, 4.69) is 10.6 Å². The van der Waals surface area contributed by atoms with E-state index < -0.39 is 30.2 Å². The highest BCUT2D eigenvalue weighted by atomic mass is 16.4. The Morgan fingerprint density at radius 2 is 1.94 bits per heavy atom. The van der Waals surface area contributed by atoms with Crippen molar-refractivity contribution in [2.45, 2.75) is 38.8 Å². The Balaban J connectivity index is 4.13. The first kappa shape index (κ1) is 15.4. The summed E-state index contributed by atoms with van der Waals surface area (Å²) in [6.45, 7) is 3.88. The number of nitrogens with one attached hydrogen (secondary N) is 2. The van der Waals surface area contributed by atoms with Crippen LogP contribution in [0.4, 0.5) is 0 Å². The summed E-state index contributed by atoms with van der Waals surface area (Å²) in [6.07, 6.45) is 0.446. The summed E-state index contributed by atoms with van der Waals surface area (Å²) in [4.78, 5) is 32.7. The van der Waals surface area contributed by atoms with E-state index in [0.29, 0.717) is 0 Å². The highest BCUT2D eigenvalue weighted by Crippen LogP contribution is 1.92. The highest BCUT2D eigenvalue weighted by Gasteiger charge is 2.21. The predicted molar refractivity (Wildman–Crippen MR) is 61.1 cm³/mol. The molecule has 0 saturated heterocycles. The monoisotopic (exact) mass is 245 g/mol. The van der Waals surface area contributed by atoms with Gasteiger partial charge in [0.1, 0.15) is 6.04 Å². The fraction of sp³-hybridized carbons (Fsp3) is 0.700. The van der Waals surface area contributed by atoms with Crippen molar-refractivity contribution in [2.24, 2.45) is 5.73 Å². The van der Waals surface area contributed by atoms with Gasteiger partial charge in [-0.05, 0) is 13.3 Å². The lowest BCUT2D eigenvalue weighted by molar-refractivity contribution is -0.143. The molecular weight excluding hydrogens is 226 g/mol. The molecule has 0 heterocycles. The van der Waals surface area contributed by atoms with Crippen molar-refractivity contribution < 1.29 is 19.5 Å². The minimum absolute atomic E-state index is 0.0115.